The highest BCUT2D eigenvalue weighted by atomic mass is 19.4. The maximum absolute atomic E-state index is 13.3. The lowest BCUT2D eigenvalue weighted by molar-refractivity contribution is -0.141. The molecule has 2 aromatic heterocycles. The van der Waals surface area contributed by atoms with E-state index in [1.807, 2.05) is 61.6 Å². The van der Waals surface area contributed by atoms with Crippen LogP contribution in [0.4, 0.5) is 13.2 Å². The van der Waals surface area contributed by atoms with E-state index in [4.69, 9.17) is 6.57 Å². The van der Waals surface area contributed by atoms with Gasteiger partial charge >= 0.3 is 6.18 Å². The number of halogens is 3. The average Bonchev–Trinajstić information content (AvgIpc) is 3.47. The number of alkyl halides is 3. The summed E-state index contributed by atoms with van der Waals surface area (Å²) in [5.41, 5.74) is 2.77. The molecule has 7 rings (SSSR count). The number of fused-ring (bicyclic) bond motifs is 6. The Balaban J connectivity index is 1.51. The van der Waals surface area contributed by atoms with Crippen LogP contribution < -0.4 is 10.7 Å². The van der Waals surface area contributed by atoms with Gasteiger partial charge in [-0.2, -0.15) is 30.0 Å². The summed E-state index contributed by atoms with van der Waals surface area (Å²) in [6.45, 7) is 9.44. The predicted octanol–water partition coefficient (Wildman–Crippen LogP) is 7.74. The Kier molecular flexibility index (Phi) is 5.79. The number of aromatic nitrogens is 2. The van der Waals surface area contributed by atoms with Crippen molar-refractivity contribution in [3.05, 3.63) is 119 Å². The van der Waals surface area contributed by atoms with Crippen LogP contribution >= 0.6 is 0 Å². The van der Waals surface area contributed by atoms with Gasteiger partial charge in [0.25, 0.3) is 0 Å². The second-order valence-electron chi connectivity index (χ2n) is 10.2. The van der Waals surface area contributed by atoms with Crippen LogP contribution in [0.2, 0.25) is 0 Å². The minimum atomic E-state index is -4.57. The van der Waals surface area contributed by atoms with Gasteiger partial charge in [-0.05, 0) is 99.3 Å². The highest BCUT2D eigenvalue weighted by Gasteiger charge is 2.32. The summed E-state index contributed by atoms with van der Waals surface area (Å²) in [7, 11) is 0. The van der Waals surface area contributed by atoms with E-state index in [1.165, 1.54) is 6.07 Å². The van der Waals surface area contributed by atoms with E-state index < -0.39 is 11.9 Å². The molecule has 0 spiro atoms. The number of nitrogens with zero attached hydrogens (tertiary/aromatic N) is 6. The minimum Gasteiger partial charge on any atom is -0.262 e. The van der Waals surface area contributed by atoms with Crippen molar-refractivity contribution in [1.82, 2.24) is 9.97 Å². The molecule has 0 fully saturated rings. The molecule has 0 saturated heterocycles. The molecule has 0 aliphatic carbocycles. The normalized spacial score (nSPS) is 12.9. The molecule has 5 aromatic carbocycles. The Labute approximate surface area is 241 Å². The molecule has 0 atom stereocenters. The van der Waals surface area contributed by atoms with E-state index in [0.29, 0.717) is 27.2 Å². The number of hydrogen-bond donors (Lipinski definition) is 0. The van der Waals surface area contributed by atoms with Gasteiger partial charge in [-0.3, -0.25) is 9.97 Å². The van der Waals surface area contributed by atoms with Crippen LogP contribution in [0.25, 0.3) is 70.3 Å². The van der Waals surface area contributed by atoms with Crippen molar-refractivity contribution in [3.8, 4) is 28.4 Å². The van der Waals surface area contributed by atoms with Crippen molar-refractivity contribution in [3.63, 3.8) is 0 Å². The van der Waals surface area contributed by atoms with E-state index in [9.17, 15) is 18.4 Å². The quantitative estimate of drug-likeness (QED) is 0.122. The molecule has 0 saturated carbocycles. The molecule has 6 nitrogen and oxygen atoms in total. The van der Waals surface area contributed by atoms with Crippen molar-refractivity contribution >= 4 is 43.1 Å². The fourth-order valence-corrected chi connectivity index (χ4v) is 5.85. The third-order valence-corrected chi connectivity index (χ3v) is 7.72. The lowest BCUT2D eigenvalue weighted by Gasteiger charge is -2.08. The summed E-state index contributed by atoms with van der Waals surface area (Å²) in [5.74, 6) is 0. The fraction of sp³-hybridized carbons (Fsp3) is 0.0588. The summed E-state index contributed by atoms with van der Waals surface area (Å²) in [5, 5.41) is 21.1. The SMILES string of the molecule is [C-]#[N+]/N=c1\c2cc(-c3ccnc(C)c3)ccc2c2cc3/c(=N/C#N)c4cc(-c5ccnc(C(F)(F)F)c5)ccc4c3cc12. The van der Waals surface area contributed by atoms with Gasteiger partial charge in [0.2, 0.25) is 6.19 Å². The highest BCUT2D eigenvalue weighted by molar-refractivity contribution is 6.21. The number of rotatable bonds is 2. The Hall–Kier alpha value is -5.93. The molecule has 204 valence electrons. The first-order valence-electron chi connectivity index (χ1n) is 13.1. The molecule has 0 N–H and O–H groups in total. The second kappa shape index (κ2) is 9.57. The second-order valence-corrected chi connectivity index (χ2v) is 10.2. The Morgan fingerprint density at radius 2 is 1.21 bits per heavy atom. The summed E-state index contributed by atoms with van der Waals surface area (Å²) in [6.07, 6.45) is 0.202. The fourth-order valence-electron chi connectivity index (χ4n) is 5.85. The molecule has 0 unspecified atom stereocenters. The summed E-state index contributed by atoms with van der Waals surface area (Å²) in [6, 6.07) is 21.7. The minimum absolute atomic E-state index is 0.348. The number of aryl methyl sites for hydroxylation is 1. The lowest BCUT2D eigenvalue weighted by atomic mass is 10.0. The standard InChI is InChI=1S/C34H17F3N6/c1-18-11-21(7-9-40-18)19-3-6-24-26-15-29-25(16-30(26)33(43-39-2)28(24)13-19)23-5-4-20(12-27(23)32(29)42-17-38)22-8-10-41-31(14-22)34(35,36)37/h3-16H,1H3/b42-32+,43-33+. The predicted molar refractivity (Wildman–Crippen MR) is 158 cm³/mol. The first-order chi connectivity index (χ1) is 20.8. The van der Waals surface area contributed by atoms with Crippen LogP contribution in [0.3, 0.4) is 0 Å². The highest BCUT2D eigenvalue weighted by Crippen LogP contribution is 2.36. The molecule has 9 heteroatoms. The van der Waals surface area contributed by atoms with Crippen LogP contribution in [-0.2, 0) is 6.18 Å². The van der Waals surface area contributed by atoms with Gasteiger partial charge in [-0.15, -0.1) is 4.95 Å². The van der Waals surface area contributed by atoms with Gasteiger partial charge in [-0.1, -0.05) is 24.3 Å². The van der Waals surface area contributed by atoms with E-state index in [2.05, 4.69) is 25.0 Å². The van der Waals surface area contributed by atoms with E-state index in [1.54, 1.807) is 18.3 Å². The summed E-state index contributed by atoms with van der Waals surface area (Å²) >= 11 is 0. The van der Waals surface area contributed by atoms with Crippen LogP contribution in [0.1, 0.15) is 11.4 Å². The van der Waals surface area contributed by atoms with Gasteiger partial charge in [0, 0.05) is 39.6 Å². The van der Waals surface area contributed by atoms with E-state index in [-0.39, 0.29) is 0 Å². The molecule has 2 heterocycles. The van der Waals surface area contributed by atoms with Crippen LogP contribution in [0, 0.1) is 25.0 Å². The molecule has 43 heavy (non-hydrogen) atoms. The molecular weight excluding hydrogens is 549 g/mol. The summed E-state index contributed by atoms with van der Waals surface area (Å²) in [4.78, 5) is 15.2. The number of hydrogen-bond acceptors (Lipinski definition) is 5. The maximum Gasteiger partial charge on any atom is 0.433 e. The topological polar surface area (TPSA) is 78.6 Å². The van der Waals surface area contributed by atoms with Crippen molar-refractivity contribution in [2.24, 2.45) is 10.1 Å². The van der Waals surface area contributed by atoms with Crippen molar-refractivity contribution in [2.45, 2.75) is 13.1 Å². The zero-order chi connectivity index (χ0) is 29.9. The molecule has 7 aromatic rings. The average molecular weight is 567 g/mol. The maximum atomic E-state index is 13.3. The molecule has 0 radical (unpaired) electrons. The van der Waals surface area contributed by atoms with Gasteiger partial charge in [0.1, 0.15) is 5.69 Å². The first-order valence-corrected chi connectivity index (χ1v) is 13.1. The smallest absolute Gasteiger partial charge is 0.262 e. The first kappa shape index (κ1) is 26.0. The number of nitriles is 1. The Morgan fingerprint density at radius 1 is 0.674 bits per heavy atom. The van der Waals surface area contributed by atoms with E-state index >= 15 is 0 Å². The lowest BCUT2D eigenvalue weighted by Crippen LogP contribution is -2.07. The van der Waals surface area contributed by atoms with Crippen LogP contribution in [0.5, 0.6) is 0 Å². The summed E-state index contributed by atoms with van der Waals surface area (Å²) < 4.78 is 40.0. The third kappa shape index (κ3) is 4.18. The van der Waals surface area contributed by atoms with Crippen molar-refractivity contribution in [2.75, 3.05) is 0 Å². The van der Waals surface area contributed by atoms with Gasteiger partial charge in [0.05, 0.1) is 10.5 Å². The molecule has 0 amide bonds. The Bertz CT molecular complexity index is 2490. The van der Waals surface area contributed by atoms with Gasteiger partial charge in [0.15, 0.2) is 5.36 Å². The largest absolute Gasteiger partial charge is 0.433 e. The molecule has 0 aliphatic rings. The van der Waals surface area contributed by atoms with Crippen LogP contribution in [-0.4, -0.2) is 9.97 Å². The third-order valence-electron chi connectivity index (χ3n) is 7.72. The monoisotopic (exact) mass is 566 g/mol. The zero-order valence-electron chi connectivity index (χ0n) is 22.4. The number of benzene rings is 3. The zero-order valence-corrected chi connectivity index (χ0v) is 22.4. The van der Waals surface area contributed by atoms with E-state index in [0.717, 1.165) is 66.8 Å². The van der Waals surface area contributed by atoms with Gasteiger partial charge in [-0.25, -0.2) is 0 Å². The van der Waals surface area contributed by atoms with Crippen LogP contribution in [0.15, 0.2) is 95.3 Å². The molecule has 0 bridgehead atoms. The molecular formula is C34H17F3N6. The Morgan fingerprint density at radius 3 is 1.79 bits per heavy atom. The van der Waals surface area contributed by atoms with Crippen molar-refractivity contribution < 1.29 is 13.2 Å². The number of pyridine rings is 2. The molecule has 0 aliphatic heterocycles. The van der Waals surface area contributed by atoms with Crippen molar-refractivity contribution in [1.29, 1.82) is 5.26 Å². The van der Waals surface area contributed by atoms with Gasteiger partial charge < -0.3 is 0 Å².